The van der Waals surface area contributed by atoms with Crippen LogP contribution in [0.25, 0.3) is 0 Å². The lowest BCUT2D eigenvalue weighted by Gasteiger charge is -2.33. The number of likely N-dealkylation sites (tertiary alicyclic amines) is 1. The van der Waals surface area contributed by atoms with E-state index in [-0.39, 0.29) is 11.0 Å². The molecule has 108 valence electrons. The minimum atomic E-state index is -0.595. The molecular formula is C14H18N2O4. The average molecular weight is 278 g/mol. The van der Waals surface area contributed by atoms with Crippen molar-refractivity contribution in [2.75, 3.05) is 13.7 Å². The van der Waals surface area contributed by atoms with Crippen molar-refractivity contribution >= 4 is 11.9 Å². The van der Waals surface area contributed by atoms with Crippen LogP contribution in [0.4, 0.5) is 0 Å². The molecule has 0 aromatic carbocycles. The summed E-state index contributed by atoms with van der Waals surface area (Å²) >= 11 is 0. The number of ether oxygens (including phenoxy) is 1. The Bertz CT molecular complexity index is 579. The molecule has 0 aliphatic carbocycles. The summed E-state index contributed by atoms with van der Waals surface area (Å²) in [5.74, 6) is -0.844. The molecule has 1 saturated heterocycles. The number of rotatable bonds is 2. The van der Waals surface area contributed by atoms with Crippen molar-refractivity contribution in [2.24, 2.45) is 0 Å². The number of aryl methyl sites for hydroxylation is 1. The van der Waals surface area contributed by atoms with E-state index in [2.05, 4.69) is 4.98 Å². The highest BCUT2D eigenvalue weighted by Crippen LogP contribution is 2.19. The van der Waals surface area contributed by atoms with Crippen molar-refractivity contribution in [1.29, 1.82) is 0 Å². The van der Waals surface area contributed by atoms with Crippen molar-refractivity contribution in [3.8, 4) is 0 Å². The molecule has 2 rings (SSSR count). The van der Waals surface area contributed by atoms with Crippen molar-refractivity contribution in [3.63, 3.8) is 0 Å². The molecule has 1 aromatic heterocycles. The molecule has 0 bridgehead atoms. The highest BCUT2D eigenvalue weighted by molar-refractivity contribution is 5.96. The lowest BCUT2D eigenvalue weighted by molar-refractivity contribution is -0.147. The zero-order valence-electron chi connectivity index (χ0n) is 11.6. The Hall–Kier alpha value is -2.11. The Kier molecular flexibility index (Phi) is 4.22. The van der Waals surface area contributed by atoms with Gasteiger partial charge in [0, 0.05) is 24.5 Å². The lowest BCUT2D eigenvalue weighted by Crippen LogP contribution is -2.49. The van der Waals surface area contributed by atoms with Gasteiger partial charge in [-0.15, -0.1) is 0 Å². The van der Waals surface area contributed by atoms with Crippen molar-refractivity contribution in [3.05, 3.63) is 33.7 Å². The number of hydrogen-bond acceptors (Lipinski definition) is 4. The highest BCUT2D eigenvalue weighted by atomic mass is 16.5. The van der Waals surface area contributed by atoms with Crippen LogP contribution >= 0.6 is 0 Å². The van der Waals surface area contributed by atoms with Crippen LogP contribution in [-0.2, 0) is 9.53 Å². The number of methoxy groups -OCH3 is 1. The smallest absolute Gasteiger partial charge is 0.328 e. The first-order valence-corrected chi connectivity index (χ1v) is 6.62. The minimum Gasteiger partial charge on any atom is -0.467 e. The number of hydrogen-bond donors (Lipinski definition) is 1. The predicted octanol–water partition coefficient (Wildman–Crippen LogP) is 0.851. The number of aromatic amines is 1. The van der Waals surface area contributed by atoms with E-state index >= 15 is 0 Å². The second-order valence-corrected chi connectivity index (χ2v) is 4.93. The molecule has 1 N–H and O–H groups in total. The molecule has 1 amide bonds. The zero-order valence-corrected chi connectivity index (χ0v) is 11.6. The van der Waals surface area contributed by atoms with Gasteiger partial charge in [-0.3, -0.25) is 9.59 Å². The SMILES string of the molecule is COC(=O)[C@H]1CCCCN1C(=O)c1c[nH]c(C)cc1=O. The van der Waals surface area contributed by atoms with Crippen LogP contribution in [0.1, 0.15) is 35.3 Å². The quantitative estimate of drug-likeness (QED) is 0.813. The maximum Gasteiger partial charge on any atom is 0.328 e. The summed E-state index contributed by atoms with van der Waals surface area (Å²) in [6.45, 7) is 2.21. The predicted molar refractivity (Wildman–Crippen MR) is 72.5 cm³/mol. The van der Waals surface area contributed by atoms with Crippen molar-refractivity contribution in [2.45, 2.75) is 32.2 Å². The van der Waals surface area contributed by atoms with E-state index in [1.807, 2.05) is 0 Å². The average Bonchev–Trinajstić information content (AvgIpc) is 2.46. The number of pyridine rings is 1. The van der Waals surface area contributed by atoms with Gasteiger partial charge in [-0.05, 0) is 26.2 Å². The number of H-pyrrole nitrogens is 1. The third kappa shape index (κ3) is 2.74. The number of nitrogens with zero attached hydrogens (tertiary/aromatic N) is 1. The fraction of sp³-hybridized carbons (Fsp3) is 0.500. The van der Waals surface area contributed by atoms with Crippen LogP contribution in [-0.4, -0.2) is 41.5 Å². The van der Waals surface area contributed by atoms with E-state index in [0.717, 1.165) is 12.8 Å². The zero-order chi connectivity index (χ0) is 14.7. The Morgan fingerprint density at radius 1 is 1.40 bits per heavy atom. The maximum absolute atomic E-state index is 12.5. The van der Waals surface area contributed by atoms with Crippen molar-refractivity contribution in [1.82, 2.24) is 9.88 Å². The number of esters is 1. The first kappa shape index (κ1) is 14.3. The summed E-state index contributed by atoms with van der Waals surface area (Å²) in [6, 6.07) is 0.784. The third-order valence-corrected chi connectivity index (χ3v) is 3.52. The fourth-order valence-corrected chi connectivity index (χ4v) is 2.45. The molecule has 0 spiro atoms. The van der Waals surface area contributed by atoms with E-state index in [9.17, 15) is 14.4 Å². The van der Waals surface area contributed by atoms with Gasteiger partial charge in [-0.25, -0.2) is 4.79 Å². The van der Waals surface area contributed by atoms with Gasteiger partial charge in [0.15, 0.2) is 5.43 Å². The van der Waals surface area contributed by atoms with Crippen LogP contribution < -0.4 is 5.43 Å². The number of aromatic nitrogens is 1. The monoisotopic (exact) mass is 278 g/mol. The molecule has 2 heterocycles. The summed E-state index contributed by atoms with van der Waals surface area (Å²) in [7, 11) is 1.30. The van der Waals surface area contributed by atoms with Gasteiger partial charge in [0.05, 0.1) is 7.11 Å². The maximum atomic E-state index is 12.5. The molecule has 20 heavy (non-hydrogen) atoms. The molecule has 1 fully saturated rings. The number of nitrogens with one attached hydrogen (secondary N) is 1. The Morgan fingerprint density at radius 2 is 2.15 bits per heavy atom. The molecule has 0 saturated carbocycles. The van der Waals surface area contributed by atoms with E-state index in [1.54, 1.807) is 6.92 Å². The Balaban J connectivity index is 2.30. The van der Waals surface area contributed by atoms with Crippen LogP contribution in [0, 0.1) is 6.92 Å². The van der Waals surface area contributed by atoms with Gasteiger partial charge >= 0.3 is 5.97 Å². The first-order valence-electron chi connectivity index (χ1n) is 6.62. The molecule has 0 unspecified atom stereocenters. The summed E-state index contributed by atoms with van der Waals surface area (Å²) < 4.78 is 4.74. The number of amides is 1. The van der Waals surface area contributed by atoms with Gasteiger partial charge in [-0.1, -0.05) is 0 Å². The van der Waals surface area contributed by atoms with Crippen LogP contribution in [0.5, 0.6) is 0 Å². The van der Waals surface area contributed by atoms with E-state index < -0.39 is 17.9 Å². The molecule has 1 aromatic rings. The molecule has 6 heteroatoms. The molecule has 0 radical (unpaired) electrons. The number of piperidine rings is 1. The molecular weight excluding hydrogens is 260 g/mol. The normalized spacial score (nSPS) is 18.7. The second kappa shape index (κ2) is 5.90. The van der Waals surface area contributed by atoms with Crippen molar-refractivity contribution < 1.29 is 14.3 Å². The van der Waals surface area contributed by atoms with Crippen LogP contribution in [0.2, 0.25) is 0 Å². The van der Waals surface area contributed by atoms with E-state index in [0.29, 0.717) is 18.7 Å². The second-order valence-electron chi connectivity index (χ2n) is 4.93. The third-order valence-electron chi connectivity index (χ3n) is 3.52. The Morgan fingerprint density at radius 3 is 2.80 bits per heavy atom. The summed E-state index contributed by atoms with van der Waals surface area (Å²) in [4.78, 5) is 40.4. The molecule has 1 atom stereocenters. The largest absolute Gasteiger partial charge is 0.467 e. The van der Waals surface area contributed by atoms with Gasteiger partial charge < -0.3 is 14.6 Å². The van der Waals surface area contributed by atoms with E-state index in [1.165, 1.54) is 24.3 Å². The van der Waals surface area contributed by atoms with E-state index in [4.69, 9.17) is 4.74 Å². The topological polar surface area (TPSA) is 79.5 Å². The van der Waals surface area contributed by atoms with Gasteiger partial charge in [0.2, 0.25) is 0 Å². The molecule has 1 aliphatic heterocycles. The summed E-state index contributed by atoms with van der Waals surface area (Å²) in [6.07, 6.45) is 3.67. The van der Waals surface area contributed by atoms with Gasteiger partial charge in [-0.2, -0.15) is 0 Å². The summed E-state index contributed by atoms with van der Waals surface area (Å²) in [5, 5.41) is 0. The number of carbonyl (C=O) groups is 2. The molecule has 6 nitrogen and oxygen atoms in total. The van der Waals surface area contributed by atoms with Gasteiger partial charge in [0.25, 0.3) is 5.91 Å². The number of carbonyl (C=O) groups excluding carboxylic acids is 2. The first-order chi connectivity index (χ1) is 9.54. The van der Waals surface area contributed by atoms with Crippen LogP contribution in [0.3, 0.4) is 0 Å². The fourth-order valence-electron chi connectivity index (χ4n) is 2.45. The lowest BCUT2D eigenvalue weighted by atomic mass is 10.0. The Labute approximate surface area is 116 Å². The summed E-state index contributed by atoms with van der Waals surface area (Å²) in [5.41, 5.74) is 0.418. The highest BCUT2D eigenvalue weighted by Gasteiger charge is 2.34. The minimum absolute atomic E-state index is 0.0615. The van der Waals surface area contributed by atoms with Gasteiger partial charge in [0.1, 0.15) is 11.6 Å². The molecule has 1 aliphatic rings. The standard InChI is InChI=1S/C14H18N2O4/c1-9-7-12(17)10(8-15-9)13(18)16-6-4-3-5-11(16)14(19)20-2/h7-8,11H,3-6H2,1-2H3,(H,15,17)/t11-/m1/s1. The van der Waals surface area contributed by atoms with Crippen LogP contribution in [0.15, 0.2) is 17.1 Å².